The van der Waals surface area contributed by atoms with Crippen molar-refractivity contribution >= 4 is 11.8 Å². The van der Waals surface area contributed by atoms with Crippen LogP contribution in [0, 0.1) is 25.6 Å². The molecule has 3 aromatic rings. The fourth-order valence-electron chi connectivity index (χ4n) is 4.17. The molecule has 2 heterocycles. The SMILES string of the molecule is Cc1cc(F)ccc1-c1ccccc1C[C@@H]1CN(C(=O)c2cncnc2C)CCNC1=O. The van der Waals surface area contributed by atoms with Gasteiger partial charge >= 0.3 is 0 Å². The largest absolute Gasteiger partial charge is 0.354 e. The van der Waals surface area contributed by atoms with Crippen molar-refractivity contribution in [3.8, 4) is 11.1 Å². The van der Waals surface area contributed by atoms with E-state index in [1.807, 2.05) is 31.2 Å². The van der Waals surface area contributed by atoms with E-state index in [2.05, 4.69) is 15.3 Å². The lowest BCUT2D eigenvalue weighted by Gasteiger charge is -2.24. The molecule has 1 saturated heterocycles. The van der Waals surface area contributed by atoms with Crippen molar-refractivity contribution in [2.75, 3.05) is 19.6 Å². The Labute approximate surface area is 186 Å². The maximum atomic E-state index is 13.6. The van der Waals surface area contributed by atoms with Gasteiger partial charge < -0.3 is 10.2 Å². The molecule has 0 saturated carbocycles. The second kappa shape index (κ2) is 9.26. The molecule has 1 aliphatic heterocycles. The minimum atomic E-state index is -0.409. The Balaban J connectivity index is 1.61. The van der Waals surface area contributed by atoms with Gasteiger partial charge in [0.05, 0.1) is 17.2 Å². The minimum absolute atomic E-state index is 0.0769. The van der Waals surface area contributed by atoms with E-state index in [4.69, 9.17) is 0 Å². The number of aryl methyl sites for hydroxylation is 2. The standard InChI is InChI=1S/C25H25FN4O2/c1-16-11-20(26)7-8-21(16)22-6-4-3-5-18(22)12-19-14-30(10-9-28-24(19)31)25(32)23-13-27-15-29-17(23)2/h3-8,11,13,15,19H,9-10,12,14H2,1-2H3,(H,28,31)/t19-/m1/s1. The molecular formula is C25H25FN4O2. The maximum absolute atomic E-state index is 13.6. The van der Waals surface area contributed by atoms with E-state index in [0.717, 1.165) is 22.3 Å². The van der Waals surface area contributed by atoms with E-state index >= 15 is 0 Å². The van der Waals surface area contributed by atoms with E-state index in [-0.39, 0.29) is 17.6 Å². The van der Waals surface area contributed by atoms with Crippen molar-refractivity contribution in [3.63, 3.8) is 0 Å². The number of halogens is 1. The van der Waals surface area contributed by atoms with Gasteiger partial charge in [-0.1, -0.05) is 30.3 Å². The molecule has 6 nitrogen and oxygen atoms in total. The van der Waals surface area contributed by atoms with Crippen LogP contribution in [0.4, 0.5) is 4.39 Å². The summed E-state index contributed by atoms with van der Waals surface area (Å²) in [7, 11) is 0. The highest BCUT2D eigenvalue weighted by Crippen LogP contribution is 2.29. The zero-order valence-corrected chi connectivity index (χ0v) is 18.1. The van der Waals surface area contributed by atoms with Gasteiger partial charge in [-0.15, -0.1) is 0 Å². The summed E-state index contributed by atoms with van der Waals surface area (Å²) >= 11 is 0. The van der Waals surface area contributed by atoms with E-state index in [1.165, 1.54) is 24.7 Å². The fraction of sp³-hybridized carbons (Fsp3) is 0.280. The van der Waals surface area contributed by atoms with Crippen molar-refractivity contribution < 1.29 is 14.0 Å². The Kier molecular flexibility index (Phi) is 6.25. The maximum Gasteiger partial charge on any atom is 0.257 e. The number of benzene rings is 2. The van der Waals surface area contributed by atoms with Crippen molar-refractivity contribution in [1.29, 1.82) is 0 Å². The highest BCUT2D eigenvalue weighted by Gasteiger charge is 2.29. The molecule has 0 radical (unpaired) electrons. The lowest BCUT2D eigenvalue weighted by Crippen LogP contribution is -2.37. The topological polar surface area (TPSA) is 75.2 Å². The number of nitrogens with one attached hydrogen (secondary N) is 1. The molecule has 1 aliphatic rings. The van der Waals surface area contributed by atoms with Crippen molar-refractivity contribution in [3.05, 3.63) is 83.2 Å². The molecule has 0 aliphatic carbocycles. The van der Waals surface area contributed by atoms with Crippen LogP contribution in [0.1, 0.15) is 27.2 Å². The first-order chi connectivity index (χ1) is 15.4. The smallest absolute Gasteiger partial charge is 0.257 e. The second-order valence-corrected chi connectivity index (χ2v) is 8.08. The molecule has 0 unspecified atom stereocenters. The third-order valence-electron chi connectivity index (χ3n) is 5.88. The third-order valence-corrected chi connectivity index (χ3v) is 5.88. The number of carbonyl (C=O) groups is 2. The van der Waals surface area contributed by atoms with E-state index in [1.54, 1.807) is 17.9 Å². The molecule has 1 fully saturated rings. The van der Waals surface area contributed by atoms with Crippen LogP contribution in [0.5, 0.6) is 0 Å². The Morgan fingerprint density at radius 3 is 2.78 bits per heavy atom. The number of hydrogen-bond donors (Lipinski definition) is 1. The van der Waals surface area contributed by atoms with Gasteiger partial charge in [0.2, 0.25) is 5.91 Å². The highest BCUT2D eigenvalue weighted by atomic mass is 19.1. The van der Waals surface area contributed by atoms with Crippen LogP contribution in [0.15, 0.2) is 55.0 Å². The quantitative estimate of drug-likeness (QED) is 0.686. The predicted molar refractivity (Wildman–Crippen MR) is 119 cm³/mol. The Bertz CT molecular complexity index is 1160. The summed E-state index contributed by atoms with van der Waals surface area (Å²) in [5.41, 5.74) is 4.77. The van der Waals surface area contributed by atoms with Gasteiger partial charge in [-0.2, -0.15) is 0 Å². The average molecular weight is 432 g/mol. The van der Waals surface area contributed by atoms with Gasteiger partial charge in [-0.25, -0.2) is 14.4 Å². The van der Waals surface area contributed by atoms with Gasteiger partial charge in [0.25, 0.3) is 5.91 Å². The molecule has 0 bridgehead atoms. The van der Waals surface area contributed by atoms with Gasteiger partial charge in [0.1, 0.15) is 12.1 Å². The van der Waals surface area contributed by atoms with Gasteiger partial charge in [-0.05, 0) is 54.7 Å². The minimum Gasteiger partial charge on any atom is -0.354 e. The molecule has 2 aromatic carbocycles. The average Bonchev–Trinajstić information content (AvgIpc) is 2.96. The first kappa shape index (κ1) is 21.6. The van der Waals surface area contributed by atoms with Crippen LogP contribution in [0.2, 0.25) is 0 Å². The van der Waals surface area contributed by atoms with Gasteiger partial charge in [0, 0.05) is 25.8 Å². The summed E-state index contributed by atoms with van der Waals surface area (Å²) in [6, 6.07) is 12.6. The van der Waals surface area contributed by atoms with Crippen LogP contribution in [-0.2, 0) is 11.2 Å². The first-order valence-electron chi connectivity index (χ1n) is 10.6. The highest BCUT2D eigenvalue weighted by molar-refractivity contribution is 5.95. The van der Waals surface area contributed by atoms with Crippen LogP contribution < -0.4 is 5.32 Å². The van der Waals surface area contributed by atoms with Crippen LogP contribution in [0.25, 0.3) is 11.1 Å². The number of rotatable bonds is 4. The van der Waals surface area contributed by atoms with Gasteiger partial charge in [0.15, 0.2) is 0 Å². The van der Waals surface area contributed by atoms with E-state index in [9.17, 15) is 14.0 Å². The molecule has 1 atom stereocenters. The molecule has 4 rings (SSSR count). The normalized spacial score (nSPS) is 16.4. The van der Waals surface area contributed by atoms with Crippen LogP contribution >= 0.6 is 0 Å². The summed E-state index contributed by atoms with van der Waals surface area (Å²) in [6.45, 7) is 4.77. The summed E-state index contributed by atoms with van der Waals surface area (Å²) in [6.07, 6.45) is 3.40. The molecule has 1 aromatic heterocycles. The van der Waals surface area contributed by atoms with Crippen LogP contribution in [-0.4, -0.2) is 46.3 Å². The zero-order valence-electron chi connectivity index (χ0n) is 18.1. The lowest BCUT2D eigenvalue weighted by molar-refractivity contribution is -0.124. The Morgan fingerprint density at radius 2 is 2.00 bits per heavy atom. The number of hydrogen-bond acceptors (Lipinski definition) is 4. The summed E-state index contributed by atoms with van der Waals surface area (Å²) in [5, 5.41) is 2.93. The zero-order chi connectivity index (χ0) is 22.7. The number of nitrogens with zero attached hydrogens (tertiary/aromatic N) is 3. The summed E-state index contributed by atoms with van der Waals surface area (Å²) < 4.78 is 13.6. The predicted octanol–water partition coefficient (Wildman–Crippen LogP) is 3.33. The molecule has 7 heteroatoms. The molecule has 2 amide bonds. The van der Waals surface area contributed by atoms with Gasteiger partial charge in [-0.3, -0.25) is 9.59 Å². The Morgan fingerprint density at radius 1 is 1.19 bits per heavy atom. The molecule has 0 spiro atoms. The third kappa shape index (κ3) is 4.51. The summed E-state index contributed by atoms with van der Waals surface area (Å²) in [4.78, 5) is 35.7. The fourth-order valence-corrected chi connectivity index (χ4v) is 4.17. The van der Waals surface area contributed by atoms with Crippen molar-refractivity contribution in [2.24, 2.45) is 5.92 Å². The molecule has 164 valence electrons. The second-order valence-electron chi connectivity index (χ2n) is 8.08. The van der Waals surface area contributed by atoms with Crippen molar-refractivity contribution in [1.82, 2.24) is 20.2 Å². The number of aromatic nitrogens is 2. The van der Waals surface area contributed by atoms with E-state index in [0.29, 0.717) is 37.3 Å². The summed E-state index contributed by atoms with van der Waals surface area (Å²) in [5.74, 6) is -0.936. The van der Waals surface area contributed by atoms with Crippen LogP contribution in [0.3, 0.4) is 0 Å². The molecule has 1 N–H and O–H groups in total. The van der Waals surface area contributed by atoms with Crippen molar-refractivity contribution in [2.45, 2.75) is 20.3 Å². The molecular weight excluding hydrogens is 407 g/mol. The van der Waals surface area contributed by atoms with E-state index < -0.39 is 5.92 Å². The monoisotopic (exact) mass is 432 g/mol. The number of carbonyl (C=O) groups excluding carboxylic acids is 2. The first-order valence-corrected chi connectivity index (χ1v) is 10.6. The number of amides is 2. The Hall–Kier alpha value is -3.61. The lowest BCUT2D eigenvalue weighted by atomic mass is 9.90. The molecule has 32 heavy (non-hydrogen) atoms.